The maximum absolute atomic E-state index is 5.34. The number of piperazine rings is 1. The van der Waals surface area contributed by atoms with E-state index in [4.69, 9.17) is 4.74 Å². The fourth-order valence-electron chi connectivity index (χ4n) is 4.02. The molecule has 0 N–H and O–H groups in total. The van der Waals surface area contributed by atoms with E-state index < -0.39 is 0 Å². The van der Waals surface area contributed by atoms with Crippen molar-refractivity contribution in [2.75, 3.05) is 66.1 Å². The topological polar surface area (TPSA) is 19.0 Å². The first kappa shape index (κ1) is 17.9. The summed E-state index contributed by atoms with van der Waals surface area (Å²) in [5.74, 6) is 0.742. The Labute approximate surface area is 147 Å². The summed E-state index contributed by atoms with van der Waals surface area (Å²) < 4.78 is 5.34. The summed E-state index contributed by atoms with van der Waals surface area (Å²) in [6.45, 7) is 11.8. The van der Waals surface area contributed by atoms with Gasteiger partial charge in [0.25, 0.3) is 0 Å². The van der Waals surface area contributed by atoms with Crippen molar-refractivity contribution >= 4 is 0 Å². The molecular formula is C20H33N3O. The zero-order valence-corrected chi connectivity index (χ0v) is 15.2. The van der Waals surface area contributed by atoms with Gasteiger partial charge in [0.1, 0.15) is 0 Å². The van der Waals surface area contributed by atoms with Crippen molar-refractivity contribution in [2.24, 2.45) is 5.92 Å². The third-order valence-corrected chi connectivity index (χ3v) is 5.45. The zero-order chi connectivity index (χ0) is 16.6. The van der Waals surface area contributed by atoms with E-state index in [1.165, 1.54) is 70.8 Å². The number of methoxy groups -OCH3 is 1. The Morgan fingerprint density at radius 2 is 1.62 bits per heavy atom. The molecule has 0 aliphatic carbocycles. The summed E-state index contributed by atoms with van der Waals surface area (Å²) in [6, 6.07) is 10.8. The molecule has 1 aromatic carbocycles. The van der Waals surface area contributed by atoms with E-state index >= 15 is 0 Å². The van der Waals surface area contributed by atoms with E-state index in [0.717, 1.165) is 19.1 Å². The first-order valence-corrected chi connectivity index (χ1v) is 9.53. The average Bonchev–Trinajstić information content (AvgIpc) is 2.63. The maximum Gasteiger partial charge on any atom is 0.0502 e. The smallest absolute Gasteiger partial charge is 0.0502 e. The molecule has 4 heteroatoms. The van der Waals surface area contributed by atoms with E-state index in [1.54, 1.807) is 0 Å². The molecular weight excluding hydrogens is 298 g/mol. The lowest BCUT2D eigenvalue weighted by molar-refractivity contribution is 0.0744. The molecule has 0 amide bonds. The predicted octanol–water partition coefficient (Wildman–Crippen LogP) is 2.16. The number of likely N-dealkylation sites (tertiary alicyclic amines) is 1. The molecule has 0 aromatic heterocycles. The molecule has 24 heavy (non-hydrogen) atoms. The van der Waals surface area contributed by atoms with Crippen molar-refractivity contribution in [3.8, 4) is 0 Å². The second-order valence-electron chi connectivity index (χ2n) is 7.37. The minimum absolute atomic E-state index is 0.742. The van der Waals surface area contributed by atoms with Gasteiger partial charge in [-0.3, -0.25) is 9.80 Å². The van der Waals surface area contributed by atoms with Crippen molar-refractivity contribution < 1.29 is 4.74 Å². The largest absolute Gasteiger partial charge is 0.384 e. The van der Waals surface area contributed by atoms with Crippen LogP contribution in [0.2, 0.25) is 0 Å². The lowest BCUT2D eigenvalue weighted by Gasteiger charge is -2.37. The molecule has 1 aromatic rings. The Bertz CT molecular complexity index is 457. The molecule has 2 aliphatic heterocycles. The van der Waals surface area contributed by atoms with Gasteiger partial charge in [0, 0.05) is 59.5 Å². The van der Waals surface area contributed by atoms with E-state index in [9.17, 15) is 0 Å². The molecule has 0 unspecified atom stereocenters. The van der Waals surface area contributed by atoms with Gasteiger partial charge in [-0.25, -0.2) is 0 Å². The SMILES string of the molecule is COC[C@H]1CCCN(CCN2CCN(Cc3ccccc3)CC2)C1. The number of rotatable bonds is 7. The number of benzene rings is 1. The molecule has 0 saturated carbocycles. The van der Waals surface area contributed by atoms with Crippen molar-refractivity contribution in [1.29, 1.82) is 0 Å². The first-order chi connectivity index (χ1) is 11.8. The Hall–Kier alpha value is -0.940. The molecule has 2 saturated heterocycles. The van der Waals surface area contributed by atoms with Crippen LogP contribution in [0.1, 0.15) is 18.4 Å². The van der Waals surface area contributed by atoms with Crippen LogP contribution < -0.4 is 0 Å². The summed E-state index contributed by atoms with van der Waals surface area (Å²) in [4.78, 5) is 7.87. The van der Waals surface area contributed by atoms with Gasteiger partial charge >= 0.3 is 0 Å². The molecule has 4 nitrogen and oxygen atoms in total. The van der Waals surface area contributed by atoms with Crippen molar-refractivity contribution in [3.63, 3.8) is 0 Å². The number of hydrogen-bond acceptors (Lipinski definition) is 4. The van der Waals surface area contributed by atoms with E-state index in [-0.39, 0.29) is 0 Å². The maximum atomic E-state index is 5.34. The number of ether oxygens (including phenoxy) is 1. The van der Waals surface area contributed by atoms with Crippen LogP contribution in [0.4, 0.5) is 0 Å². The summed E-state index contributed by atoms with van der Waals surface area (Å²) in [5, 5.41) is 0. The second kappa shape index (κ2) is 9.52. The van der Waals surface area contributed by atoms with Crippen LogP contribution in [0.15, 0.2) is 30.3 Å². The summed E-state index contributed by atoms with van der Waals surface area (Å²) in [7, 11) is 1.83. The van der Waals surface area contributed by atoms with Crippen LogP contribution >= 0.6 is 0 Å². The predicted molar refractivity (Wildman–Crippen MR) is 99.2 cm³/mol. The lowest BCUT2D eigenvalue weighted by Crippen LogP contribution is -2.49. The summed E-state index contributed by atoms with van der Waals surface area (Å²) >= 11 is 0. The van der Waals surface area contributed by atoms with E-state index in [2.05, 4.69) is 45.0 Å². The molecule has 0 bridgehead atoms. The molecule has 0 spiro atoms. The van der Waals surface area contributed by atoms with E-state index in [1.807, 2.05) is 7.11 Å². The fraction of sp³-hybridized carbons (Fsp3) is 0.700. The molecule has 2 aliphatic rings. The molecule has 3 rings (SSSR count). The van der Waals surface area contributed by atoms with Crippen LogP contribution in [0, 0.1) is 5.92 Å². The Balaban J connectivity index is 1.33. The lowest BCUT2D eigenvalue weighted by atomic mass is 9.99. The fourth-order valence-corrected chi connectivity index (χ4v) is 4.02. The highest BCUT2D eigenvalue weighted by Gasteiger charge is 2.21. The van der Waals surface area contributed by atoms with Gasteiger partial charge in [0.2, 0.25) is 0 Å². The molecule has 2 fully saturated rings. The summed E-state index contributed by atoms with van der Waals surface area (Å²) in [5.41, 5.74) is 1.43. The van der Waals surface area contributed by atoms with Gasteiger partial charge in [0.15, 0.2) is 0 Å². The number of hydrogen-bond donors (Lipinski definition) is 0. The Morgan fingerprint density at radius 1 is 0.917 bits per heavy atom. The van der Waals surface area contributed by atoms with Gasteiger partial charge in [-0.2, -0.15) is 0 Å². The van der Waals surface area contributed by atoms with Crippen molar-refractivity contribution in [1.82, 2.24) is 14.7 Å². The third-order valence-electron chi connectivity index (χ3n) is 5.45. The van der Waals surface area contributed by atoms with Crippen LogP contribution in [-0.4, -0.2) is 80.8 Å². The summed E-state index contributed by atoms with van der Waals surface area (Å²) in [6.07, 6.45) is 2.67. The third kappa shape index (κ3) is 5.55. The highest BCUT2D eigenvalue weighted by Crippen LogP contribution is 2.16. The minimum Gasteiger partial charge on any atom is -0.384 e. The van der Waals surface area contributed by atoms with E-state index in [0.29, 0.717) is 0 Å². The highest BCUT2D eigenvalue weighted by atomic mass is 16.5. The molecule has 2 heterocycles. The number of piperidine rings is 1. The van der Waals surface area contributed by atoms with Gasteiger partial charge in [-0.05, 0) is 30.9 Å². The monoisotopic (exact) mass is 331 g/mol. The molecule has 1 atom stereocenters. The van der Waals surface area contributed by atoms with Crippen LogP contribution in [0.5, 0.6) is 0 Å². The standard InChI is InChI=1S/C20H33N3O/c1-24-18-20-8-5-9-22(17-20)13-10-21-11-14-23(15-12-21)16-19-6-3-2-4-7-19/h2-4,6-7,20H,5,8-18H2,1H3/t20-/m0/s1. The molecule has 134 valence electrons. The van der Waals surface area contributed by atoms with Gasteiger partial charge < -0.3 is 9.64 Å². The van der Waals surface area contributed by atoms with Gasteiger partial charge in [-0.15, -0.1) is 0 Å². The van der Waals surface area contributed by atoms with Crippen molar-refractivity contribution in [2.45, 2.75) is 19.4 Å². The van der Waals surface area contributed by atoms with Crippen LogP contribution in [0.3, 0.4) is 0 Å². The molecule has 0 radical (unpaired) electrons. The first-order valence-electron chi connectivity index (χ1n) is 9.53. The van der Waals surface area contributed by atoms with Crippen LogP contribution in [-0.2, 0) is 11.3 Å². The van der Waals surface area contributed by atoms with Crippen LogP contribution in [0.25, 0.3) is 0 Å². The minimum atomic E-state index is 0.742. The van der Waals surface area contributed by atoms with Crippen molar-refractivity contribution in [3.05, 3.63) is 35.9 Å². The zero-order valence-electron chi connectivity index (χ0n) is 15.2. The highest BCUT2D eigenvalue weighted by molar-refractivity contribution is 5.14. The quantitative estimate of drug-likeness (QED) is 0.762. The normalized spacial score (nSPS) is 24.3. The van der Waals surface area contributed by atoms with Gasteiger partial charge in [0.05, 0.1) is 6.61 Å². The Morgan fingerprint density at radius 3 is 2.38 bits per heavy atom. The van der Waals surface area contributed by atoms with Gasteiger partial charge in [-0.1, -0.05) is 30.3 Å². The Kier molecular flexibility index (Phi) is 7.09. The second-order valence-corrected chi connectivity index (χ2v) is 7.37. The number of nitrogens with zero attached hydrogens (tertiary/aromatic N) is 3. The average molecular weight is 332 g/mol.